The number of aryl methyl sites for hydroxylation is 1. The van der Waals surface area contributed by atoms with Gasteiger partial charge in [-0.15, -0.1) is 0 Å². The van der Waals surface area contributed by atoms with Crippen molar-refractivity contribution in [2.45, 2.75) is 64.1 Å². The Balaban J connectivity index is 2.06. The van der Waals surface area contributed by atoms with E-state index in [9.17, 15) is 22.4 Å². The number of nitrogens with zero attached hydrogens (tertiary/aromatic N) is 2. The van der Waals surface area contributed by atoms with E-state index in [1.165, 1.54) is 17.0 Å². The molecule has 0 spiro atoms. The Morgan fingerprint density at radius 3 is 2.08 bits per heavy atom. The van der Waals surface area contributed by atoms with E-state index in [-0.39, 0.29) is 23.0 Å². The van der Waals surface area contributed by atoms with Crippen molar-refractivity contribution in [1.29, 1.82) is 0 Å². The lowest BCUT2D eigenvalue weighted by atomic mass is 10.0. The summed E-state index contributed by atoms with van der Waals surface area (Å²) in [6.07, 6.45) is 0.329. The Hall–Kier alpha value is -3.72. The number of carbonyl (C=O) groups is 2. The fourth-order valence-corrected chi connectivity index (χ4v) is 5.61. The van der Waals surface area contributed by atoms with Crippen LogP contribution in [0.2, 0.25) is 0 Å². The largest absolute Gasteiger partial charge is 0.350 e. The van der Waals surface area contributed by atoms with Crippen LogP contribution in [-0.2, 0) is 26.2 Å². The van der Waals surface area contributed by atoms with E-state index in [0.717, 1.165) is 27.6 Å². The molecule has 39 heavy (non-hydrogen) atoms. The molecule has 3 rings (SSSR count). The van der Waals surface area contributed by atoms with Gasteiger partial charge in [-0.1, -0.05) is 49.4 Å². The van der Waals surface area contributed by atoms with Gasteiger partial charge in [-0.05, 0) is 81.6 Å². The van der Waals surface area contributed by atoms with E-state index >= 15 is 0 Å². The Morgan fingerprint density at radius 2 is 1.51 bits per heavy atom. The number of hydrogen-bond acceptors (Lipinski definition) is 4. The minimum atomic E-state index is -4.24. The summed E-state index contributed by atoms with van der Waals surface area (Å²) in [6, 6.07) is 19.4. The van der Waals surface area contributed by atoms with Crippen molar-refractivity contribution in [2.24, 2.45) is 0 Å². The average molecular weight is 554 g/mol. The second-order valence-electron chi connectivity index (χ2n) is 10.4. The number of hydrogen-bond donors (Lipinski definition) is 1. The van der Waals surface area contributed by atoms with Crippen molar-refractivity contribution in [2.75, 3.05) is 10.8 Å². The minimum Gasteiger partial charge on any atom is -0.350 e. The molecular formula is C30H36FN3O4S. The molecule has 0 saturated carbocycles. The van der Waals surface area contributed by atoms with Crippen LogP contribution >= 0.6 is 0 Å². The van der Waals surface area contributed by atoms with Crippen LogP contribution in [0.5, 0.6) is 0 Å². The first-order valence-electron chi connectivity index (χ1n) is 12.8. The van der Waals surface area contributed by atoms with Crippen molar-refractivity contribution >= 4 is 27.5 Å². The minimum absolute atomic E-state index is 0.126. The summed E-state index contributed by atoms with van der Waals surface area (Å²) >= 11 is 0. The Labute approximate surface area is 230 Å². The van der Waals surface area contributed by atoms with E-state index < -0.39 is 39.9 Å². The normalized spacial score (nSPS) is 12.5. The highest BCUT2D eigenvalue weighted by Crippen LogP contribution is 2.25. The topological polar surface area (TPSA) is 86.8 Å². The summed E-state index contributed by atoms with van der Waals surface area (Å²) in [7, 11) is -4.24. The third-order valence-corrected chi connectivity index (χ3v) is 8.00. The maximum Gasteiger partial charge on any atom is 0.264 e. The molecule has 0 fully saturated rings. The predicted molar refractivity (Wildman–Crippen MR) is 151 cm³/mol. The fourth-order valence-electron chi connectivity index (χ4n) is 4.20. The van der Waals surface area contributed by atoms with Crippen molar-refractivity contribution in [3.05, 3.63) is 95.8 Å². The van der Waals surface area contributed by atoms with E-state index in [4.69, 9.17) is 0 Å². The van der Waals surface area contributed by atoms with Gasteiger partial charge in [0.2, 0.25) is 11.8 Å². The number of para-hydroxylation sites is 1. The monoisotopic (exact) mass is 553 g/mol. The average Bonchev–Trinajstić information content (AvgIpc) is 2.87. The first-order chi connectivity index (χ1) is 18.3. The lowest BCUT2D eigenvalue weighted by Crippen LogP contribution is -2.55. The molecule has 1 N–H and O–H groups in total. The Kier molecular flexibility index (Phi) is 9.50. The second-order valence-corrected chi connectivity index (χ2v) is 12.3. The summed E-state index contributed by atoms with van der Waals surface area (Å²) in [6.45, 7) is 8.89. The number of nitrogens with one attached hydrogen (secondary N) is 1. The van der Waals surface area contributed by atoms with Gasteiger partial charge in [-0.2, -0.15) is 0 Å². The quantitative estimate of drug-likeness (QED) is 0.381. The van der Waals surface area contributed by atoms with Crippen LogP contribution < -0.4 is 9.62 Å². The second kappa shape index (κ2) is 12.4. The third-order valence-electron chi connectivity index (χ3n) is 6.21. The molecule has 0 saturated heterocycles. The van der Waals surface area contributed by atoms with E-state index in [0.29, 0.717) is 6.42 Å². The summed E-state index contributed by atoms with van der Waals surface area (Å²) < 4.78 is 42.0. The molecule has 1 atom stereocenters. The van der Waals surface area contributed by atoms with Gasteiger partial charge in [0, 0.05) is 12.1 Å². The van der Waals surface area contributed by atoms with Crippen LogP contribution in [0.4, 0.5) is 10.1 Å². The smallest absolute Gasteiger partial charge is 0.264 e. The number of sulfonamides is 1. The highest BCUT2D eigenvalue weighted by atomic mass is 32.2. The van der Waals surface area contributed by atoms with E-state index in [1.807, 2.05) is 58.9 Å². The molecule has 0 aliphatic heterocycles. The zero-order chi connectivity index (χ0) is 28.8. The maximum atomic E-state index is 14.0. The molecule has 0 aliphatic carbocycles. The number of benzene rings is 3. The number of halogens is 1. The van der Waals surface area contributed by atoms with Gasteiger partial charge in [-0.25, -0.2) is 12.8 Å². The molecule has 3 aromatic carbocycles. The molecule has 0 unspecified atom stereocenters. The van der Waals surface area contributed by atoms with Gasteiger partial charge >= 0.3 is 0 Å². The van der Waals surface area contributed by atoms with Gasteiger partial charge in [0.1, 0.15) is 18.4 Å². The van der Waals surface area contributed by atoms with Crippen molar-refractivity contribution in [3.8, 4) is 0 Å². The molecule has 0 radical (unpaired) electrons. The van der Waals surface area contributed by atoms with Gasteiger partial charge in [0.25, 0.3) is 10.0 Å². The summed E-state index contributed by atoms with van der Waals surface area (Å²) in [5, 5.41) is 2.95. The maximum absolute atomic E-state index is 14.0. The molecule has 9 heteroatoms. The van der Waals surface area contributed by atoms with Crippen LogP contribution in [0.15, 0.2) is 83.8 Å². The Morgan fingerprint density at radius 1 is 0.923 bits per heavy atom. The van der Waals surface area contributed by atoms with Crippen LogP contribution in [0.25, 0.3) is 0 Å². The predicted octanol–water partition coefficient (Wildman–Crippen LogP) is 5.05. The van der Waals surface area contributed by atoms with Gasteiger partial charge in [0.05, 0.1) is 10.6 Å². The number of rotatable bonds is 10. The van der Waals surface area contributed by atoms with E-state index in [2.05, 4.69) is 5.32 Å². The van der Waals surface area contributed by atoms with Gasteiger partial charge in [0.15, 0.2) is 0 Å². The lowest BCUT2D eigenvalue weighted by Gasteiger charge is -2.35. The summed E-state index contributed by atoms with van der Waals surface area (Å²) in [4.78, 5) is 28.7. The van der Waals surface area contributed by atoms with Crippen LogP contribution in [0.1, 0.15) is 45.2 Å². The van der Waals surface area contributed by atoms with Crippen LogP contribution in [0, 0.1) is 12.7 Å². The lowest BCUT2D eigenvalue weighted by molar-refractivity contribution is -0.141. The molecule has 0 aliphatic rings. The molecule has 7 nitrogen and oxygen atoms in total. The van der Waals surface area contributed by atoms with E-state index in [1.54, 1.807) is 30.3 Å². The number of anilines is 1. The zero-order valence-corrected chi connectivity index (χ0v) is 23.8. The Bertz CT molecular complexity index is 1390. The zero-order valence-electron chi connectivity index (χ0n) is 23.0. The van der Waals surface area contributed by atoms with Crippen molar-refractivity contribution in [3.63, 3.8) is 0 Å². The molecule has 0 aromatic heterocycles. The number of carbonyl (C=O) groups excluding carboxylic acids is 2. The SMILES string of the molecule is CC[C@@H](C(=O)NC(C)(C)C)N(Cc1ccccc1C)C(=O)CN(c1ccccc1)S(=O)(=O)c1ccc(F)cc1. The summed E-state index contributed by atoms with van der Waals surface area (Å²) in [5.74, 6) is -1.43. The van der Waals surface area contributed by atoms with Crippen molar-refractivity contribution < 1.29 is 22.4 Å². The van der Waals surface area contributed by atoms with Gasteiger partial charge in [-0.3, -0.25) is 13.9 Å². The van der Waals surface area contributed by atoms with Crippen LogP contribution in [0.3, 0.4) is 0 Å². The molecule has 208 valence electrons. The fraction of sp³-hybridized carbons (Fsp3) is 0.333. The standard InChI is InChI=1S/C30H36FN3O4S/c1-6-27(29(36)32-30(3,4)5)33(20-23-13-11-10-12-22(23)2)28(35)21-34(25-14-8-7-9-15-25)39(37,38)26-18-16-24(31)17-19-26/h7-19,27H,6,20-21H2,1-5H3,(H,32,36)/t27-/m0/s1. The highest BCUT2D eigenvalue weighted by Gasteiger charge is 2.34. The molecular weight excluding hydrogens is 517 g/mol. The molecule has 3 aromatic rings. The first kappa shape index (κ1) is 29.8. The summed E-state index contributed by atoms with van der Waals surface area (Å²) in [5.41, 5.74) is 1.54. The third kappa shape index (κ3) is 7.66. The highest BCUT2D eigenvalue weighted by molar-refractivity contribution is 7.92. The molecule has 0 bridgehead atoms. The first-order valence-corrected chi connectivity index (χ1v) is 14.3. The number of amides is 2. The van der Waals surface area contributed by atoms with Crippen LogP contribution in [-0.4, -0.2) is 43.3 Å². The van der Waals surface area contributed by atoms with Crippen molar-refractivity contribution in [1.82, 2.24) is 10.2 Å². The molecule has 2 amide bonds. The van der Waals surface area contributed by atoms with Gasteiger partial charge < -0.3 is 10.2 Å². The molecule has 0 heterocycles.